The molecule has 0 saturated heterocycles. The van der Waals surface area contributed by atoms with Crippen LogP contribution in [0.1, 0.15) is 113 Å². The Bertz CT molecular complexity index is 3570. The van der Waals surface area contributed by atoms with E-state index in [9.17, 15) is 44.0 Å². The maximum atomic E-state index is 14.2. The van der Waals surface area contributed by atoms with E-state index in [2.05, 4.69) is 21.5 Å². The number of rotatable bonds is 4. The van der Waals surface area contributed by atoms with Crippen LogP contribution in [0, 0.1) is 37.1 Å². The van der Waals surface area contributed by atoms with Crippen LogP contribution in [0.15, 0.2) is 117 Å². The van der Waals surface area contributed by atoms with Gasteiger partial charge in [0, 0.05) is 60.7 Å². The Morgan fingerprint density at radius 3 is 1.39 bits per heavy atom. The molecule has 1 aliphatic heterocycles. The van der Waals surface area contributed by atoms with Gasteiger partial charge in [-0.3, -0.25) is 13.9 Å². The normalized spacial score (nSPS) is 14.5. The van der Waals surface area contributed by atoms with Crippen molar-refractivity contribution in [1.82, 2.24) is 0 Å². The summed E-state index contributed by atoms with van der Waals surface area (Å²) in [6, 6.07) is 24.2. The number of ketones is 1. The number of carboxylic acids is 1. The Hall–Kier alpha value is -4.21. The van der Waals surface area contributed by atoms with Crippen molar-refractivity contribution < 1.29 is 120 Å². The van der Waals surface area contributed by atoms with Crippen LogP contribution >= 0.6 is 69.5 Å². The van der Waals surface area contributed by atoms with Gasteiger partial charge in [0.05, 0.1) is 27.6 Å². The first-order chi connectivity index (χ1) is 38.7. The van der Waals surface area contributed by atoms with Crippen molar-refractivity contribution in [2.45, 2.75) is 108 Å². The molecule has 6 aromatic carbocycles. The zero-order valence-corrected chi connectivity index (χ0v) is 54.7. The summed E-state index contributed by atoms with van der Waals surface area (Å²) >= 11 is 23.0. The molecule has 15 nitrogen and oxygen atoms in total. The number of aryl methyl sites for hydroxylation is 6. The predicted octanol–water partition coefficient (Wildman–Crippen LogP) is 10.4. The number of amides is 1. The zero-order valence-electron chi connectivity index (χ0n) is 45.4. The Kier molecular flexibility index (Phi) is 32.7. The minimum absolute atomic E-state index is 0. The van der Waals surface area contributed by atoms with Crippen LogP contribution in [0.25, 0.3) is 0 Å². The van der Waals surface area contributed by atoms with E-state index in [-0.39, 0.29) is 108 Å². The minimum Gasteiger partial charge on any atom is -0.550 e. The second kappa shape index (κ2) is 36.2. The van der Waals surface area contributed by atoms with E-state index >= 15 is 0 Å². The van der Waals surface area contributed by atoms with Crippen LogP contribution in [0.3, 0.4) is 0 Å². The topological polar surface area (TPSA) is 255 Å². The summed E-state index contributed by atoms with van der Waals surface area (Å²) in [5.74, 6) is 0.322. The minimum atomic E-state index is -4.04. The standard InChI is InChI=1S/C17H15ClFNO3S.2C10H9ClFNO.C10H8ClFO.C7H7ClO2S.C2H4O2.ClH.K.H3NO/c1-11-5-7-14(8-6-11)24(21,22)23-20-16-4-2-3-12-9-13(18)10-15(19)17(12)16;11-7-4-6-2-1-3-9(14)13-10(6)8(12)5-7;11-7-4-6-2-1-3-9(13-14)10(6)8(12)5-7;11-7-4-6-2-1-3-9(13)10(6)8(12)5-7;1-6-2-4-7(5-3-6)11(8,9)10;1-2(3)4;;;1-2/h5-10H,2-4H2,1H3;4-5H,1-3H2,(H,13,14);4-5,14H,1-3H2;4-5H,1-3H2;2-5H,1H3;1H3,(H,3,4);1H;;2H,1H2/q;;;;;;;+1;/p-1. The predicted molar refractivity (Wildman–Crippen MR) is 313 cm³/mol. The molecule has 0 saturated carbocycles. The van der Waals surface area contributed by atoms with Crippen molar-refractivity contribution in [2.75, 3.05) is 5.32 Å². The zero-order chi connectivity index (χ0) is 61.1. The van der Waals surface area contributed by atoms with E-state index in [0.717, 1.165) is 73.3 Å². The number of nitrogens with one attached hydrogen (secondary N) is 1. The summed E-state index contributed by atoms with van der Waals surface area (Å²) in [5.41, 5.74) is 6.94. The summed E-state index contributed by atoms with van der Waals surface area (Å²) in [4.78, 5) is 31.5. The van der Waals surface area contributed by atoms with Crippen LogP contribution < -0.4 is 67.7 Å². The van der Waals surface area contributed by atoms with Crippen LogP contribution in [0.2, 0.25) is 20.1 Å². The van der Waals surface area contributed by atoms with Crippen molar-refractivity contribution in [3.8, 4) is 0 Å². The summed E-state index contributed by atoms with van der Waals surface area (Å²) in [5, 5.41) is 34.9. The van der Waals surface area contributed by atoms with Crippen molar-refractivity contribution in [3.63, 3.8) is 0 Å². The number of oxime groups is 2. The number of Topliss-reactive ketones (excluding diaryl/α,β-unsaturated/α-hetero) is 1. The molecule has 448 valence electrons. The maximum absolute atomic E-state index is 14.2. The number of hydrogen-bond acceptors (Lipinski definition) is 14. The molecule has 0 atom stereocenters. The molecule has 0 unspecified atom stereocenters. The first kappa shape index (κ1) is 75.9. The van der Waals surface area contributed by atoms with Gasteiger partial charge in [0.1, 0.15) is 28.2 Å². The van der Waals surface area contributed by atoms with E-state index in [1.54, 1.807) is 48.5 Å². The fourth-order valence-electron chi connectivity index (χ4n) is 8.48. The molecule has 0 radical (unpaired) electrons. The van der Waals surface area contributed by atoms with Gasteiger partial charge < -0.3 is 25.6 Å². The summed E-state index contributed by atoms with van der Waals surface area (Å²) in [7, 11) is -2.50. The number of halogens is 10. The van der Waals surface area contributed by atoms with Gasteiger partial charge in [-0.15, -0.1) is 12.4 Å². The number of nitrogens with two attached hydrogens (primary N) is 1. The second-order valence-electron chi connectivity index (χ2n) is 18.2. The van der Waals surface area contributed by atoms with Crippen molar-refractivity contribution >= 4 is 123 Å². The van der Waals surface area contributed by atoms with E-state index in [1.165, 1.54) is 48.5 Å². The van der Waals surface area contributed by atoms with Crippen LogP contribution in [-0.2, 0) is 58.7 Å². The van der Waals surface area contributed by atoms with Gasteiger partial charge in [-0.05, 0) is 180 Å². The molecule has 0 fully saturated rings. The van der Waals surface area contributed by atoms with Gasteiger partial charge in [0.25, 0.3) is 9.05 Å². The number of carboxylic acid groups (broad SMARTS) is 1. The molecule has 1 amide bonds. The molecule has 5 N–H and O–H groups in total. The molecule has 84 heavy (non-hydrogen) atoms. The summed E-state index contributed by atoms with van der Waals surface area (Å²) in [6.07, 6.45) is 7.94. The Morgan fingerprint density at radius 1 is 0.583 bits per heavy atom. The fourth-order valence-corrected chi connectivity index (χ4v) is 10.9. The second-order valence-corrected chi connectivity index (χ2v) is 24.1. The monoisotopic (exact) mass is 1350 g/mol. The number of anilines is 1. The average molecular weight is 1350 g/mol. The molecule has 1 heterocycles. The van der Waals surface area contributed by atoms with Crippen LogP contribution in [-0.4, -0.2) is 56.3 Å². The average Bonchev–Trinajstić information content (AvgIpc) is 3.80. The van der Waals surface area contributed by atoms with Gasteiger partial charge in [-0.2, -0.15) is 8.42 Å². The Morgan fingerprint density at radius 2 is 0.940 bits per heavy atom. The van der Waals surface area contributed by atoms with E-state index in [1.807, 2.05) is 13.8 Å². The van der Waals surface area contributed by atoms with Gasteiger partial charge in [-0.1, -0.05) is 92.1 Å². The third-order valence-corrected chi connectivity index (χ3v) is 15.4. The number of aliphatic carboxylic acids is 1. The molecule has 4 aliphatic rings. The first-order valence-electron chi connectivity index (χ1n) is 24.7. The summed E-state index contributed by atoms with van der Waals surface area (Å²) in [6.45, 7) is 4.70. The number of hydrogen-bond donors (Lipinski definition) is 4. The van der Waals surface area contributed by atoms with Crippen molar-refractivity contribution in [3.05, 3.63) is 190 Å². The fraction of sp³-hybridized carbons (Fsp3) is 0.268. The van der Waals surface area contributed by atoms with E-state index < -0.39 is 48.4 Å². The number of carbonyl (C=O) groups is 3. The quantitative estimate of drug-likeness (QED) is 0.0423. The first-order valence-corrected chi connectivity index (χ1v) is 29.9. The number of carbonyl (C=O) groups excluding carboxylic acids is 3. The smallest absolute Gasteiger partial charge is 0.550 e. The van der Waals surface area contributed by atoms with Crippen LogP contribution in [0.5, 0.6) is 0 Å². The van der Waals surface area contributed by atoms with E-state index in [4.69, 9.17) is 81.7 Å². The SMILES string of the molecule is CC(=O)[O-].Cc1ccc(S(=O)(=O)Cl)cc1.Cc1ccc(S(=O)(=O)ON=C2CCCc3cc(Cl)cc(F)c32)cc1.Cl.NO.O=C1CCCc2cc(Cl)cc(F)c21.O=C1CCCc2cc(Cl)cc(F)c2N1.ON=C1CCCc2cc(Cl)cc(F)c21.[K+]. The molecular weight excluding hydrogens is 1300 g/mol. The van der Waals surface area contributed by atoms with Gasteiger partial charge in [0.15, 0.2) is 5.78 Å². The molecule has 0 bridgehead atoms. The molecule has 3 aliphatic carbocycles. The molecule has 0 spiro atoms. The van der Waals surface area contributed by atoms with Crippen LogP contribution in [0.4, 0.5) is 23.2 Å². The molecular formula is C56H55Cl6F4KN4O11S2. The van der Waals surface area contributed by atoms with Gasteiger partial charge in [0.2, 0.25) is 5.91 Å². The Labute approximate surface area is 557 Å². The molecule has 0 aromatic heterocycles. The van der Waals surface area contributed by atoms with E-state index in [0.29, 0.717) is 75.5 Å². The van der Waals surface area contributed by atoms with Crippen molar-refractivity contribution in [1.29, 1.82) is 0 Å². The van der Waals surface area contributed by atoms with Gasteiger partial charge >= 0.3 is 61.5 Å². The number of nitrogens with zero attached hydrogens (tertiary/aromatic N) is 2. The third kappa shape index (κ3) is 23.5. The molecule has 10 rings (SSSR count). The summed E-state index contributed by atoms with van der Waals surface area (Å²) < 4.78 is 105. The molecule has 6 aromatic rings. The van der Waals surface area contributed by atoms with Gasteiger partial charge in [-0.25, -0.2) is 31.9 Å². The largest absolute Gasteiger partial charge is 1.00 e. The van der Waals surface area contributed by atoms with Crippen molar-refractivity contribution in [2.24, 2.45) is 16.2 Å². The third-order valence-electron chi connectivity index (χ3n) is 12.1. The Balaban J connectivity index is 0.000000357. The maximum Gasteiger partial charge on any atom is 1.00 e. The number of fused-ring (bicyclic) bond motifs is 4. The molecule has 28 heteroatoms. The number of benzene rings is 6.